The Morgan fingerprint density at radius 1 is 1.00 bits per heavy atom. The van der Waals surface area contributed by atoms with Crippen LogP contribution in [0.4, 0.5) is 23.4 Å². The summed E-state index contributed by atoms with van der Waals surface area (Å²) in [6, 6.07) is 6.58. The van der Waals surface area contributed by atoms with E-state index in [1.165, 1.54) is 0 Å². The van der Waals surface area contributed by atoms with Gasteiger partial charge in [0.1, 0.15) is 5.82 Å². The molecule has 1 saturated heterocycles. The highest BCUT2D eigenvalue weighted by Crippen LogP contribution is 2.40. The fourth-order valence-corrected chi connectivity index (χ4v) is 4.62. The molecule has 0 radical (unpaired) electrons. The summed E-state index contributed by atoms with van der Waals surface area (Å²) in [7, 11) is 0. The predicted molar refractivity (Wildman–Crippen MR) is 109 cm³/mol. The van der Waals surface area contributed by atoms with E-state index >= 15 is 0 Å². The van der Waals surface area contributed by atoms with Crippen LogP contribution in [0.15, 0.2) is 49.1 Å². The van der Waals surface area contributed by atoms with Crippen LogP contribution in [-0.4, -0.2) is 49.4 Å². The van der Waals surface area contributed by atoms with Crippen LogP contribution >= 0.6 is 0 Å². The van der Waals surface area contributed by atoms with Gasteiger partial charge in [0.15, 0.2) is 17.3 Å². The maximum Gasteiger partial charge on any atom is 0.434 e. The summed E-state index contributed by atoms with van der Waals surface area (Å²) >= 11 is 0. The second kappa shape index (κ2) is 8.05. The normalized spacial score (nSPS) is 21.9. The molecule has 2 bridgehead atoms. The first-order valence-corrected chi connectivity index (χ1v) is 10.3. The minimum absolute atomic E-state index is 0.145. The van der Waals surface area contributed by atoms with E-state index in [1.807, 2.05) is 0 Å². The van der Waals surface area contributed by atoms with Gasteiger partial charge in [-0.2, -0.15) is 13.2 Å². The number of alkyl halides is 3. The molecule has 3 heterocycles. The summed E-state index contributed by atoms with van der Waals surface area (Å²) in [6.07, 6.45) is 0.855. The Morgan fingerprint density at radius 2 is 1.76 bits per heavy atom. The fraction of sp³-hybridized carbons (Fsp3) is 0.318. The first kappa shape index (κ1) is 21.2. The monoisotopic (exact) mass is 458 g/mol. The van der Waals surface area contributed by atoms with E-state index in [9.17, 15) is 22.4 Å². The van der Waals surface area contributed by atoms with Crippen LogP contribution in [0.3, 0.4) is 0 Å². The van der Waals surface area contributed by atoms with Crippen molar-refractivity contribution in [1.82, 2.24) is 24.8 Å². The van der Waals surface area contributed by atoms with Gasteiger partial charge in [-0.1, -0.05) is 18.2 Å². The minimum atomic E-state index is -4.55. The molecule has 1 aromatic carbocycles. The van der Waals surface area contributed by atoms with Gasteiger partial charge in [-0.15, -0.1) is 0 Å². The van der Waals surface area contributed by atoms with Gasteiger partial charge >= 0.3 is 6.18 Å². The van der Waals surface area contributed by atoms with E-state index in [2.05, 4.69) is 25.3 Å². The lowest BCUT2D eigenvalue weighted by atomic mass is 10.0. The van der Waals surface area contributed by atoms with Crippen molar-refractivity contribution < 1.29 is 22.4 Å². The van der Waals surface area contributed by atoms with Gasteiger partial charge in [-0.3, -0.25) is 4.79 Å². The van der Waals surface area contributed by atoms with Crippen LogP contribution in [-0.2, 0) is 6.18 Å². The summed E-state index contributed by atoms with van der Waals surface area (Å²) < 4.78 is 51.4. The molecule has 2 aliphatic rings. The number of rotatable bonds is 4. The standard InChI is InChI=1S/C22H18F4N6O/c23-13-7-29-20(30-8-13)14-3-1-2-4-15(14)21(33)32-11-12-5-16(17(32)6-12)31-19-10-27-18(9-28-19)22(24,25)26/h1-4,7-10,12,16-17H,5-6,11H2,(H,28,31)/t12-,16?,17?/m0/s1. The molecule has 1 N–H and O–H groups in total. The average Bonchev–Trinajstić information content (AvgIpc) is 3.40. The highest BCUT2D eigenvalue weighted by atomic mass is 19.4. The lowest BCUT2D eigenvalue weighted by Gasteiger charge is -2.34. The lowest BCUT2D eigenvalue weighted by Crippen LogP contribution is -2.47. The Balaban J connectivity index is 1.35. The summed E-state index contributed by atoms with van der Waals surface area (Å²) in [5.74, 6) is -0.0173. The SMILES string of the molecule is O=C(c1ccccc1-c1ncc(F)cn1)N1C[C@H]2CC(Nc3cnc(C(F)(F)F)cn3)C1C2. The fourth-order valence-electron chi connectivity index (χ4n) is 4.62. The van der Waals surface area contributed by atoms with Crippen LogP contribution in [0.2, 0.25) is 0 Å². The molecule has 2 fully saturated rings. The van der Waals surface area contributed by atoms with Crippen molar-refractivity contribution in [3.63, 3.8) is 0 Å². The van der Waals surface area contributed by atoms with E-state index < -0.39 is 17.7 Å². The smallest absolute Gasteiger partial charge is 0.364 e. The number of likely N-dealkylation sites (tertiary alicyclic amines) is 1. The number of amides is 1. The number of fused-ring (bicyclic) bond motifs is 2. The van der Waals surface area contributed by atoms with E-state index in [4.69, 9.17) is 0 Å². The number of aromatic nitrogens is 4. The van der Waals surface area contributed by atoms with Crippen LogP contribution in [0.25, 0.3) is 11.4 Å². The molecule has 1 aliphatic carbocycles. The molecule has 170 valence electrons. The minimum Gasteiger partial charge on any atom is -0.364 e. The first-order chi connectivity index (χ1) is 15.8. The zero-order chi connectivity index (χ0) is 23.2. The summed E-state index contributed by atoms with van der Waals surface area (Å²) in [5, 5.41) is 3.14. The first-order valence-electron chi connectivity index (χ1n) is 10.3. The summed E-state index contributed by atoms with van der Waals surface area (Å²) in [4.78, 5) is 30.5. The van der Waals surface area contributed by atoms with Gasteiger partial charge in [-0.05, 0) is 24.8 Å². The quantitative estimate of drug-likeness (QED) is 0.599. The van der Waals surface area contributed by atoms with Gasteiger partial charge in [-0.25, -0.2) is 24.3 Å². The van der Waals surface area contributed by atoms with Crippen LogP contribution in [0, 0.1) is 11.7 Å². The average molecular weight is 458 g/mol. The van der Waals surface area contributed by atoms with E-state index in [0.717, 1.165) is 31.4 Å². The number of carbonyl (C=O) groups is 1. The molecule has 2 unspecified atom stereocenters. The molecule has 2 aromatic heterocycles. The number of nitrogens with zero attached hydrogens (tertiary/aromatic N) is 5. The Hall–Kier alpha value is -3.63. The highest BCUT2D eigenvalue weighted by Gasteiger charge is 2.47. The van der Waals surface area contributed by atoms with Crippen molar-refractivity contribution in [3.05, 3.63) is 66.1 Å². The van der Waals surface area contributed by atoms with Gasteiger partial charge in [0.05, 0.1) is 36.4 Å². The van der Waals surface area contributed by atoms with E-state index in [0.29, 0.717) is 23.9 Å². The number of anilines is 1. The van der Waals surface area contributed by atoms with Crippen LogP contribution in [0.5, 0.6) is 0 Å². The van der Waals surface area contributed by atoms with Crippen molar-refractivity contribution in [2.45, 2.75) is 31.1 Å². The highest BCUT2D eigenvalue weighted by molar-refractivity contribution is 6.00. The zero-order valence-electron chi connectivity index (χ0n) is 17.1. The molecule has 5 rings (SSSR count). The number of hydrogen-bond acceptors (Lipinski definition) is 6. The maximum atomic E-state index is 13.5. The van der Waals surface area contributed by atoms with Gasteiger partial charge < -0.3 is 10.2 Å². The van der Waals surface area contributed by atoms with Crippen molar-refractivity contribution in [2.75, 3.05) is 11.9 Å². The molecule has 1 aliphatic heterocycles. The van der Waals surface area contributed by atoms with Crippen molar-refractivity contribution in [3.8, 4) is 11.4 Å². The predicted octanol–water partition coefficient (Wildman–Crippen LogP) is 3.81. The molecule has 0 spiro atoms. The van der Waals surface area contributed by atoms with Crippen LogP contribution in [0.1, 0.15) is 28.9 Å². The summed E-state index contributed by atoms with van der Waals surface area (Å²) in [5.41, 5.74) is -0.148. The number of piperidine rings is 1. The molecular weight excluding hydrogens is 440 g/mol. The lowest BCUT2D eigenvalue weighted by molar-refractivity contribution is -0.141. The van der Waals surface area contributed by atoms with Crippen LogP contribution < -0.4 is 5.32 Å². The number of hydrogen-bond donors (Lipinski definition) is 1. The Bertz CT molecular complexity index is 1170. The third-order valence-electron chi connectivity index (χ3n) is 6.04. The largest absolute Gasteiger partial charge is 0.434 e. The second-order valence-electron chi connectivity index (χ2n) is 8.17. The molecule has 3 aromatic rings. The van der Waals surface area contributed by atoms with Gasteiger partial charge in [0.25, 0.3) is 5.91 Å². The molecule has 33 heavy (non-hydrogen) atoms. The third kappa shape index (κ3) is 4.10. The maximum absolute atomic E-state index is 13.5. The number of nitrogens with one attached hydrogen (secondary N) is 1. The molecular formula is C22H18F4N6O. The molecule has 1 amide bonds. The number of benzene rings is 1. The number of halogens is 4. The molecule has 1 saturated carbocycles. The Labute approximate surface area is 185 Å². The van der Waals surface area contributed by atoms with Gasteiger partial charge in [0, 0.05) is 18.2 Å². The second-order valence-corrected chi connectivity index (χ2v) is 8.17. The Morgan fingerprint density at radius 3 is 2.42 bits per heavy atom. The molecule has 11 heteroatoms. The van der Waals surface area contributed by atoms with Crippen molar-refractivity contribution in [1.29, 1.82) is 0 Å². The van der Waals surface area contributed by atoms with Crippen molar-refractivity contribution >= 4 is 11.7 Å². The van der Waals surface area contributed by atoms with E-state index in [1.54, 1.807) is 29.2 Å². The van der Waals surface area contributed by atoms with E-state index in [-0.39, 0.29) is 35.6 Å². The zero-order valence-corrected chi connectivity index (χ0v) is 17.1. The van der Waals surface area contributed by atoms with Gasteiger partial charge in [0.2, 0.25) is 0 Å². The Kier molecular flexibility index (Phi) is 5.18. The van der Waals surface area contributed by atoms with Crippen molar-refractivity contribution in [2.24, 2.45) is 5.92 Å². The third-order valence-corrected chi connectivity index (χ3v) is 6.04. The topological polar surface area (TPSA) is 83.9 Å². The molecule has 7 nitrogen and oxygen atoms in total. The number of carbonyl (C=O) groups excluding carboxylic acids is 1. The molecule has 3 atom stereocenters. The summed E-state index contributed by atoms with van der Waals surface area (Å²) in [6.45, 7) is 0.582.